The largest absolute Gasteiger partial charge is 0.457 e. The zero-order valence-corrected chi connectivity index (χ0v) is 18.7. The van der Waals surface area contributed by atoms with Crippen LogP contribution in [0.25, 0.3) is 11.0 Å². The van der Waals surface area contributed by atoms with Crippen molar-refractivity contribution in [2.45, 2.75) is 33.3 Å². The molecule has 0 spiro atoms. The molecular weight excluding hydrogens is 438 g/mol. The predicted octanol–water partition coefficient (Wildman–Crippen LogP) is 4.98. The van der Waals surface area contributed by atoms with Crippen molar-refractivity contribution < 1.29 is 28.2 Å². The molecule has 9 heteroatoms. The SMILES string of the molecule is Cc1oc2cc(OC(=O)CNC(=O)OC(C)(C)C)ccc2c(=O)c1Oc1ccc(Cl)cc1. The van der Waals surface area contributed by atoms with Gasteiger partial charge in [0.05, 0.1) is 5.39 Å². The first-order valence-corrected chi connectivity index (χ1v) is 10.1. The molecule has 0 atom stereocenters. The minimum absolute atomic E-state index is 0.0473. The van der Waals surface area contributed by atoms with Crippen LogP contribution in [0.15, 0.2) is 51.7 Å². The van der Waals surface area contributed by atoms with E-state index in [1.807, 2.05) is 0 Å². The molecule has 0 fully saturated rings. The minimum Gasteiger partial charge on any atom is -0.457 e. The van der Waals surface area contributed by atoms with E-state index >= 15 is 0 Å². The highest BCUT2D eigenvalue weighted by Crippen LogP contribution is 2.28. The average Bonchev–Trinajstić information content (AvgIpc) is 2.69. The third-order valence-electron chi connectivity index (χ3n) is 4.03. The lowest BCUT2D eigenvalue weighted by Crippen LogP contribution is -2.36. The summed E-state index contributed by atoms with van der Waals surface area (Å²) in [7, 11) is 0. The van der Waals surface area contributed by atoms with E-state index in [4.69, 9.17) is 30.2 Å². The van der Waals surface area contributed by atoms with Gasteiger partial charge in [0.2, 0.25) is 11.2 Å². The van der Waals surface area contributed by atoms with Gasteiger partial charge in [0.15, 0.2) is 0 Å². The standard InChI is InChI=1S/C23H22ClNO7/c1-13-21(31-15-7-5-14(24)6-8-15)20(27)17-10-9-16(11-18(17)29-13)30-19(26)12-25-22(28)32-23(2,3)4/h5-11H,12H2,1-4H3,(H,25,28). The van der Waals surface area contributed by atoms with Crippen LogP contribution in [0.1, 0.15) is 26.5 Å². The fourth-order valence-corrected chi connectivity index (χ4v) is 2.82. The number of alkyl carbamates (subject to hydrolysis) is 1. The third kappa shape index (κ3) is 6.01. The second kappa shape index (κ2) is 9.32. The van der Waals surface area contributed by atoms with E-state index in [1.165, 1.54) is 18.2 Å². The van der Waals surface area contributed by atoms with Crippen molar-refractivity contribution in [3.05, 3.63) is 63.5 Å². The van der Waals surface area contributed by atoms with E-state index in [1.54, 1.807) is 52.0 Å². The van der Waals surface area contributed by atoms with E-state index in [0.717, 1.165) is 0 Å². The Morgan fingerprint density at radius 1 is 1.06 bits per heavy atom. The van der Waals surface area contributed by atoms with E-state index in [2.05, 4.69) is 5.32 Å². The van der Waals surface area contributed by atoms with Crippen molar-refractivity contribution in [1.82, 2.24) is 5.32 Å². The highest BCUT2D eigenvalue weighted by atomic mass is 35.5. The summed E-state index contributed by atoms with van der Waals surface area (Å²) in [6.07, 6.45) is -0.734. The molecule has 0 saturated heterocycles. The molecule has 2 aromatic carbocycles. The van der Waals surface area contributed by atoms with E-state index in [9.17, 15) is 14.4 Å². The van der Waals surface area contributed by atoms with Gasteiger partial charge in [-0.1, -0.05) is 11.6 Å². The van der Waals surface area contributed by atoms with Crippen molar-refractivity contribution in [3.63, 3.8) is 0 Å². The van der Waals surface area contributed by atoms with E-state index < -0.39 is 17.7 Å². The lowest BCUT2D eigenvalue weighted by atomic mass is 10.2. The molecule has 0 bridgehead atoms. The number of hydrogen-bond acceptors (Lipinski definition) is 7. The van der Waals surface area contributed by atoms with Gasteiger partial charge in [-0.3, -0.25) is 4.79 Å². The van der Waals surface area contributed by atoms with Crippen LogP contribution in [0.3, 0.4) is 0 Å². The van der Waals surface area contributed by atoms with Gasteiger partial charge in [-0.25, -0.2) is 9.59 Å². The Balaban J connectivity index is 1.73. The Kier molecular flexibility index (Phi) is 6.74. The molecule has 1 N–H and O–H groups in total. The van der Waals surface area contributed by atoms with Crippen LogP contribution in [0.2, 0.25) is 5.02 Å². The molecule has 0 aliphatic heterocycles. The van der Waals surface area contributed by atoms with Crippen LogP contribution in [0.5, 0.6) is 17.2 Å². The first-order valence-electron chi connectivity index (χ1n) is 9.70. The summed E-state index contributed by atoms with van der Waals surface area (Å²) < 4.78 is 21.7. The van der Waals surface area contributed by atoms with Gasteiger partial charge in [-0.15, -0.1) is 0 Å². The molecule has 3 rings (SSSR count). The van der Waals surface area contributed by atoms with Crippen molar-refractivity contribution in [1.29, 1.82) is 0 Å². The van der Waals surface area contributed by atoms with Crippen molar-refractivity contribution in [3.8, 4) is 17.2 Å². The van der Waals surface area contributed by atoms with Crippen LogP contribution in [-0.2, 0) is 9.53 Å². The number of fused-ring (bicyclic) bond motifs is 1. The maximum Gasteiger partial charge on any atom is 0.408 e. The topological polar surface area (TPSA) is 104 Å². The smallest absolute Gasteiger partial charge is 0.408 e. The van der Waals surface area contributed by atoms with Crippen LogP contribution >= 0.6 is 11.6 Å². The molecule has 0 aliphatic carbocycles. The average molecular weight is 460 g/mol. The number of nitrogens with one attached hydrogen (secondary N) is 1. The number of esters is 1. The number of rotatable bonds is 5. The molecule has 3 aromatic rings. The molecule has 8 nitrogen and oxygen atoms in total. The molecular formula is C23H22ClNO7. The maximum absolute atomic E-state index is 12.9. The van der Waals surface area contributed by atoms with Crippen LogP contribution in [-0.4, -0.2) is 24.2 Å². The molecule has 1 heterocycles. The Bertz CT molecular complexity index is 1210. The van der Waals surface area contributed by atoms with Gasteiger partial charge < -0.3 is 23.9 Å². The Morgan fingerprint density at radius 2 is 1.72 bits per heavy atom. The maximum atomic E-state index is 12.9. The molecule has 0 saturated carbocycles. The Hall–Kier alpha value is -3.52. The number of halogens is 1. The predicted molar refractivity (Wildman–Crippen MR) is 119 cm³/mol. The fraction of sp³-hybridized carbons (Fsp3) is 0.261. The molecule has 168 valence electrons. The van der Waals surface area contributed by atoms with Gasteiger partial charge >= 0.3 is 12.1 Å². The fourth-order valence-electron chi connectivity index (χ4n) is 2.70. The summed E-state index contributed by atoms with van der Waals surface area (Å²) >= 11 is 5.87. The summed E-state index contributed by atoms with van der Waals surface area (Å²) in [5.74, 6) is 0.185. The number of amides is 1. The van der Waals surface area contributed by atoms with Gasteiger partial charge in [0.25, 0.3) is 0 Å². The number of ether oxygens (including phenoxy) is 3. The third-order valence-corrected chi connectivity index (χ3v) is 4.28. The van der Waals surface area contributed by atoms with Gasteiger partial charge in [0.1, 0.15) is 35.0 Å². The molecule has 1 amide bonds. The lowest BCUT2D eigenvalue weighted by Gasteiger charge is -2.19. The summed E-state index contributed by atoms with van der Waals surface area (Å²) in [5.41, 5.74) is -0.831. The highest BCUT2D eigenvalue weighted by molar-refractivity contribution is 6.30. The highest BCUT2D eigenvalue weighted by Gasteiger charge is 2.18. The summed E-state index contributed by atoms with van der Waals surface area (Å²) in [6, 6.07) is 10.9. The second-order valence-electron chi connectivity index (χ2n) is 7.86. The number of aryl methyl sites for hydroxylation is 1. The Labute approximate surface area is 189 Å². The molecule has 0 unspecified atom stereocenters. The van der Waals surface area contributed by atoms with Crippen LogP contribution in [0.4, 0.5) is 4.79 Å². The monoisotopic (exact) mass is 459 g/mol. The first kappa shape index (κ1) is 23.1. The number of carbonyl (C=O) groups is 2. The minimum atomic E-state index is -0.734. The quantitative estimate of drug-likeness (QED) is 0.424. The summed E-state index contributed by atoms with van der Waals surface area (Å²) in [4.78, 5) is 36.5. The summed E-state index contributed by atoms with van der Waals surface area (Å²) in [5, 5.41) is 3.11. The van der Waals surface area contributed by atoms with Gasteiger partial charge in [-0.05, 0) is 64.1 Å². The van der Waals surface area contributed by atoms with Crippen molar-refractivity contribution in [2.75, 3.05) is 6.54 Å². The molecule has 32 heavy (non-hydrogen) atoms. The van der Waals surface area contributed by atoms with Crippen LogP contribution < -0.4 is 20.2 Å². The number of carbonyl (C=O) groups excluding carboxylic acids is 2. The number of benzene rings is 2. The van der Waals surface area contributed by atoms with Crippen LogP contribution in [0, 0.1) is 6.92 Å². The van der Waals surface area contributed by atoms with Crippen molar-refractivity contribution >= 4 is 34.6 Å². The van der Waals surface area contributed by atoms with E-state index in [0.29, 0.717) is 10.8 Å². The second-order valence-corrected chi connectivity index (χ2v) is 8.30. The molecule has 1 aromatic heterocycles. The number of hydrogen-bond donors (Lipinski definition) is 1. The molecule has 0 radical (unpaired) electrons. The van der Waals surface area contributed by atoms with Gasteiger partial charge in [-0.2, -0.15) is 0 Å². The molecule has 0 aliphatic rings. The lowest BCUT2D eigenvalue weighted by molar-refractivity contribution is -0.133. The zero-order valence-electron chi connectivity index (χ0n) is 18.0. The summed E-state index contributed by atoms with van der Waals surface area (Å²) in [6.45, 7) is 6.34. The van der Waals surface area contributed by atoms with E-state index in [-0.39, 0.29) is 40.2 Å². The first-order chi connectivity index (χ1) is 15.0. The van der Waals surface area contributed by atoms with Crippen molar-refractivity contribution in [2.24, 2.45) is 0 Å². The normalized spacial score (nSPS) is 11.2. The zero-order chi connectivity index (χ0) is 23.5. The Morgan fingerprint density at radius 3 is 2.38 bits per heavy atom. The van der Waals surface area contributed by atoms with Gasteiger partial charge in [0, 0.05) is 11.1 Å².